The second-order valence-electron chi connectivity index (χ2n) is 3.96. The SMILES string of the molecule is COc1cccc(-c2c(N)n[nH]c2-c2cncs2)c1. The van der Waals surface area contributed by atoms with E-state index in [0.29, 0.717) is 5.82 Å². The van der Waals surface area contributed by atoms with E-state index in [4.69, 9.17) is 10.5 Å². The second kappa shape index (κ2) is 4.74. The Morgan fingerprint density at radius 3 is 3.00 bits per heavy atom. The Bertz CT molecular complexity index is 690. The zero-order chi connectivity index (χ0) is 13.2. The van der Waals surface area contributed by atoms with Crippen molar-refractivity contribution >= 4 is 17.2 Å². The summed E-state index contributed by atoms with van der Waals surface area (Å²) in [5.41, 5.74) is 10.5. The number of thiazole rings is 1. The standard InChI is InChI=1S/C13H12N4OS/c1-18-9-4-2-3-8(5-9)11-12(16-17-13(11)14)10-6-15-7-19-10/h2-7H,1H3,(H3,14,16,17). The van der Waals surface area contributed by atoms with E-state index in [1.807, 2.05) is 24.3 Å². The predicted molar refractivity (Wildman–Crippen MR) is 76.1 cm³/mol. The van der Waals surface area contributed by atoms with E-state index in [9.17, 15) is 0 Å². The molecular formula is C13H12N4OS. The average molecular weight is 272 g/mol. The highest BCUT2D eigenvalue weighted by molar-refractivity contribution is 7.13. The first-order valence-electron chi connectivity index (χ1n) is 5.66. The van der Waals surface area contributed by atoms with Crippen molar-refractivity contribution in [3.63, 3.8) is 0 Å². The molecule has 2 aromatic heterocycles. The third kappa shape index (κ3) is 2.06. The lowest BCUT2D eigenvalue weighted by molar-refractivity contribution is 0.415. The third-order valence-electron chi connectivity index (χ3n) is 2.83. The smallest absolute Gasteiger partial charge is 0.153 e. The molecule has 0 fully saturated rings. The van der Waals surface area contributed by atoms with Crippen LogP contribution in [0, 0.1) is 0 Å². The van der Waals surface area contributed by atoms with Crippen molar-refractivity contribution in [2.24, 2.45) is 0 Å². The van der Waals surface area contributed by atoms with Crippen molar-refractivity contribution in [1.82, 2.24) is 15.2 Å². The Balaban J connectivity index is 2.16. The summed E-state index contributed by atoms with van der Waals surface area (Å²) in [5.74, 6) is 1.25. The minimum absolute atomic E-state index is 0.469. The first kappa shape index (κ1) is 11.7. The number of hydrogen-bond acceptors (Lipinski definition) is 5. The maximum absolute atomic E-state index is 5.97. The zero-order valence-corrected chi connectivity index (χ0v) is 11.1. The summed E-state index contributed by atoms with van der Waals surface area (Å²) in [4.78, 5) is 5.08. The Morgan fingerprint density at radius 2 is 2.26 bits per heavy atom. The van der Waals surface area contributed by atoms with Crippen molar-refractivity contribution in [2.45, 2.75) is 0 Å². The number of nitrogens with zero attached hydrogens (tertiary/aromatic N) is 2. The van der Waals surface area contributed by atoms with Gasteiger partial charge < -0.3 is 10.5 Å². The molecule has 3 aromatic rings. The van der Waals surface area contributed by atoms with Crippen LogP contribution >= 0.6 is 11.3 Å². The van der Waals surface area contributed by atoms with E-state index < -0.39 is 0 Å². The number of nitrogens with two attached hydrogens (primary N) is 1. The van der Waals surface area contributed by atoms with E-state index in [1.54, 1.807) is 18.8 Å². The minimum Gasteiger partial charge on any atom is -0.497 e. The Kier molecular flexibility index (Phi) is 2.92. The number of anilines is 1. The maximum Gasteiger partial charge on any atom is 0.153 e. The number of hydrogen-bond donors (Lipinski definition) is 2. The van der Waals surface area contributed by atoms with Gasteiger partial charge in [0.1, 0.15) is 5.75 Å². The summed E-state index contributed by atoms with van der Waals surface area (Å²) in [6.45, 7) is 0. The van der Waals surface area contributed by atoms with Crippen LogP contribution in [0.3, 0.4) is 0 Å². The second-order valence-corrected chi connectivity index (χ2v) is 4.84. The number of benzene rings is 1. The summed E-state index contributed by atoms with van der Waals surface area (Å²) in [6, 6.07) is 7.74. The van der Waals surface area contributed by atoms with Gasteiger partial charge in [-0.05, 0) is 17.7 Å². The van der Waals surface area contributed by atoms with E-state index >= 15 is 0 Å². The van der Waals surface area contributed by atoms with Crippen LogP contribution in [0.15, 0.2) is 36.0 Å². The molecule has 3 N–H and O–H groups in total. The molecule has 0 radical (unpaired) electrons. The molecule has 0 aliphatic rings. The molecule has 96 valence electrons. The molecule has 0 aliphatic heterocycles. The van der Waals surface area contributed by atoms with Crippen LogP contribution in [0.1, 0.15) is 0 Å². The molecule has 0 bridgehead atoms. The van der Waals surface area contributed by atoms with Gasteiger partial charge in [0.25, 0.3) is 0 Å². The highest BCUT2D eigenvalue weighted by Gasteiger charge is 2.16. The van der Waals surface area contributed by atoms with Gasteiger partial charge >= 0.3 is 0 Å². The predicted octanol–water partition coefficient (Wildman–Crippen LogP) is 2.79. The molecule has 6 heteroatoms. The Morgan fingerprint density at radius 1 is 1.37 bits per heavy atom. The molecule has 0 aliphatic carbocycles. The lowest BCUT2D eigenvalue weighted by Crippen LogP contribution is -1.89. The molecule has 0 atom stereocenters. The molecular weight excluding hydrogens is 260 g/mol. The molecule has 0 amide bonds. The number of methoxy groups -OCH3 is 1. The van der Waals surface area contributed by atoms with Crippen molar-refractivity contribution in [3.05, 3.63) is 36.0 Å². The number of aromatic amines is 1. The van der Waals surface area contributed by atoms with Gasteiger partial charge in [0.05, 0.1) is 28.8 Å². The van der Waals surface area contributed by atoms with E-state index in [2.05, 4.69) is 15.2 Å². The maximum atomic E-state index is 5.97. The van der Waals surface area contributed by atoms with Gasteiger partial charge in [-0.1, -0.05) is 12.1 Å². The van der Waals surface area contributed by atoms with Gasteiger partial charge in [-0.25, -0.2) is 0 Å². The number of rotatable bonds is 3. The van der Waals surface area contributed by atoms with Crippen LogP contribution in [0.2, 0.25) is 0 Å². The number of aromatic nitrogens is 3. The van der Waals surface area contributed by atoms with Gasteiger partial charge in [-0.3, -0.25) is 10.1 Å². The molecule has 0 saturated heterocycles. The van der Waals surface area contributed by atoms with E-state index in [-0.39, 0.29) is 0 Å². The van der Waals surface area contributed by atoms with Gasteiger partial charge in [-0.15, -0.1) is 11.3 Å². The van der Waals surface area contributed by atoms with Crippen LogP contribution in [0.25, 0.3) is 21.7 Å². The average Bonchev–Trinajstić information content (AvgIpc) is 3.07. The summed E-state index contributed by atoms with van der Waals surface area (Å²) in [7, 11) is 1.64. The van der Waals surface area contributed by atoms with E-state index in [1.165, 1.54) is 11.3 Å². The van der Waals surface area contributed by atoms with Gasteiger partial charge in [0.2, 0.25) is 0 Å². The Hall–Kier alpha value is -2.34. The third-order valence-corrected chi connectivity index (χ3v) is 3.62. The summed E-state index contributed by atoms with van der Waals surface area (Å²) in [6.07, 6.45) is 1.79. The highest BCUT2D eigenvalue weighted by Crippen LogP contribution is 2.37. The molecule has 2 heterocycles. The lowest BCUT2D eigenvalue weighted by Gasteiger charge is -2.05. The molecule has 5 nitrogen and oxygen atoms in total. The highest BCUT2D eigenvalue weighted by atomic mass is 32.1. The van der Waals surface area contributed by atoms with Crippen molar-refractivity contribution in [2.75, 3.05) is 12.8 Å². The van der Waals surface area contributed by atoms with Gasteiger partial charge in [-0.2, -0.15) is 5.10 Å². The number of H-pyrrole nitrogens is 1. The minimum atomic E-state index is 0.469. The fourth-order valence-electron chi connectivity index (χ4n) is 1.94. The quantitative estimate of drug-likeness (QED) is 0.768. The topological polar surface area (TPSA) is 76.8 Å². The summed E-state index contributed by atoms with van der Waals surface area (Å²) < 4.78 is 5.24. The molecule has 3 rings (SSSR count). The van der Waals surface area contributed by atoms with Crippen LogP contribution in [-0.4, -0.2) is 22.3 Å². The van der Waals surface area contributed by atoms with Crippen molar-refractivity contribution in [1.29, 1.82) is 0 Å². The molecule has 19 heavy (non-hydrogen) atoms. The monoisotopic (exact) mass is 272 g/mol. The van der Waals surface area contributed by atoms with Crippen molar-refractivity contribution < 1.29 is 4.74 Å². The largest absolute Gasteiger partial charge is 0.497 e. The van der Waals surface area contributed by atoms with Gasteiger partial charge in [0, 0.05) is 6.20 Å². The molecule has 1 aromatic carbocycles. The fourth-order valence-corrected chi connectivity index (χ4v) is 2.57. The first-order valence-corrected chi connectivity index (χ1v) is 6.54. The van der Waals surface area contributed by atoms with Crippen LogP contribution in [-0.2, 0) is 0 Å². The summed E-state index contributed by atoms with van der Waals surface area (Å²) in [5, 5.41) is 7.06. The number of nitrogen functional groups attached to an aromatic ring is 1. The lowest BCUT2D eigenvalue weighted by atomic mass is 10.0. The van der Waals surface area contributed by atoms with Crippen LogP contribution in [0.4, 0.5) is 5.82 Å². The van der Waals surface area contributed by atoms with Crippen molar-refractivity contribution in [3.8, 4) is 27.4 Å². The number of nitrogens with one attached hydrogen (secondary N) is 1. The number of ether oxygens (including phenoxy) is 1. The Labute approximate surface area is 114 Å². The molecule has 0 saturated carbocycles. The normalized spacial score (nSPS) is 10.6. The van der Waals surface area contributed by atoms with Crippen LogP contribution < -0.4 is 10.5 Å². The van der Waals surface area contributed by atoms with E-state index in [0.717, 1.165) is 27.4 Å². The zero-order valence-electron chi connectivity index (χ0n) is 10.3. The van der Waals surface area contributed by atoms with Crippen LogP contribution in [0.5, 0.6) is 5.75 Å². The molecule has 0 unspecified atom stereocenters. The molecule has 0 spiro atoms. The fraction of sp³-hybridized carbons (Fsp3) is 0.0769. The summed E-state index contributed by atoms with van der Waals surface area (Å²) >= 11 is 1.54. The van der Waals surface area contributed by atoms with Gasteiger partial charge in [0.15, 0.2) is 5.82 Å². The first-order chi connectivity index (χ1) is 9.29.